The van der Waals surface area contributed by atoms with Crippen molar-refractivity contribution in [2.45, 2.75) is 32.1 Å². The van der Waals surface area contributed by atoms with Gasteiger partial charge in [-0.2, -0.15) is 0 Å². The van der Waals surface area contributed by atoms with Gasteiger partial charge in [-0.3, -0.25) is 4.79 Å². The Morgan fingerprint density at radius 1 is 1.26 bits per heavy atom. The summed E-state index contributed by atoms with van der Waals surface area (Å²) in [7, 11) is 1.46. The van der Waals surface area contributed by atoms with Gasteiger partial charge in [-0.15, -0.1) is 0 Å². The molecule has 0 saturated heterocycles. The second-order valence-electron chi connectivity index (χ2n) is 5.73. The zero-order chi connectivity index (χ0) is 16.7. The Bertz CT molecular complexity index is 556. The van der Waals surface area contributed by atoms with E-state index in [1.54, 1.807) is 12.1 Å². The van der Waals surface area contributed by atoms with Crippen molar-refractivity contribution < 1.29 is 19.1 Å². The van der Waals surface area contributed by atoms with Crippen molar-refractivity contribution in [1.82, 2.24) is 5.32 Å². The van der Waals surface area contributed by atoms with Crippen LogP contribution in [0.5, 0.6) is 5.75 Å². The van der Waals surface area contributed by atoms with Crippen molar-refractivity contribution in [3.05, 3.63) is 28.8 Å². The maximum absolute atomic E-state index is 12.0. The summed E-state index contributed by atoms with van der Waals surface area (Å²) in [5.41, 5.74) is 0.208. The van der Waals surface area contributed by atoms with Gasteiger partial charge in [0.1, 0.15) is 11.3 Å². The molecule has 0 aliphatic heterocycles. The molecule has 0 unspecified atom stereocenters. The van der Waals surface area contributed by atoms with E-state index in [0.29, 0.717) is 23.2 Å². The van der Waals surface area contributed by atoms with Gasteiger partial charge in [0, 0.05) is 11.6 Å². The molecule has 1 amide bonds. The molecule has 1 aliphatic carbocycles. The number of carbonyl (C=O) groups excluding carboxylic acids is 2. The summed E-state index contributed by atoms with van der Waals surface area (Å²) >= 11 is 5.87. The van der Waals surface area contributed by atoms with E-state index in [2.05, 4.69) is 5.32 Å². The zero-order valence-electron chi connectivity index (χ0n) is 13.3. The zero-order valence-corrected chi connectivity index (χ0v) is 14.0. The Hall–Kier alpha value is -1.75. The predicted molar refractivity (Wildman–Crippen MR) is 87.9 cm³/mol. The minimum absolute atomic E-state index is 0.208. The molecule has 1 fully saturated rings. The highest BCUT2D eigenvalue weighted by atomic mass is 35.5. The molecule has 1 N–H and O–H groups in total. The van der Waals surface area contributed by atoms with Crippen LogP contribution in [0.15, 0.2) is 18.2 Å². The molecule has 5 nitrogen and oxygen atoms in total. The Morgan fingerprint density at radius 3 is 2.70 bits per heavy atom. The van der Waals surface area contributed by atoms with Crippen LogP contribution in [0, 0.1) is 5.92 Å². The number of esters is 1. The van der Waals surface area contributed by atoms with Gasteiger partial charge in [0.25, 0.3) is 5.91 Å². The highest BCUT2D eigenvalue weighted by Gasteiger charge is 2.17. The van der Waals surface area contributed by atoms with Gasteiger partial charge in [0.05, 0.1) is 7.11 Å². The van der Waals surface area contributed by atoms with Crippen molar-refractivity contribution in [2.75, 3.05) is 20.3 Å². The van der Waals surface area contributed by atoms with E-state index in [1.165, 1.54) is 32.4 Å². The summed E-state index contributed by atoms with van der Waals surface area (Å²) < 4.78 is 10.1. The van der Waals surface area contributed by atoms with Gasteiger partial charge in [0.15, 0.2) is 6.61 Å². The lowest BCUT2D eigenvalue weighted by Crippen LogP contribution is -2.33. The number of methoxy groups -OCH3 is 1. The molecular weight excluding hydrogens is 318 g/mol. The number of ether oxygens (including phenoxy) is 2. The van der Waals surface area contributed by atoms with Crippen molar-refractivity contribution in [3.8, 4) is 5.75 Å². The fourth-order valence-electron chi connectivity index (χ4n) is 2.75. The van der Waals surface area contributed by atoms with E-state index < -0.39 is 5.97 Å². The lowest BCUT2D eigenvalue weighted by atomic mass is 9.89. The number of carbonyl (C=O) groups is 2. The maximum atomic E-state index is 12.0. The molecule has 1 aromatic carbocycles. The van der Waals surface area contributed by atoms with E-state index in [1.807, 2.05) is 0 Å². The van der Waals surface area contributed by atoms with Crippen LogP contribution in [0.4, 0.5) is 0 Å². The first-order valence-electron chi connectivity index (χ1n) is 7.87. The normalized spacial score (nSPS) is 15.0. The lowest BCUT2D eigenvalue weighted by Gasteiger charge is -2.21. The van der Waals surface area contributed by atoms with Crippen LogP contribution in [0.2, 0.25) is 5.02 Å². The van der Waals surface area contributed by atoms with Crippen LogP contribution in [0.1, 0.15) is 42.5 Å². The average molecular weight is 340 g/mol. The van der Waals surface area contributed by atoms with Crippen molar-refractivity contribution in [1.29, 1.82) is 0 Å². The predicted octanol–water partition coefficient (Wildman–Crippen LogP) is 3.20. The summed E-state index contributed by atoms with van der Waals surface area (Å²) in [6.07, 6.45) is 6.04. The van der Waals surface area contributed by atoms with E-state index in [4.69, 9.17) is 21.1 Å². The first kappa shape index (κ1) is 17.6. The number of hydrogen-bond donors (Lipinski definition) is 1. The Labute approximate surface area is 141 Å². The first-order valence-corrected chi connectivity index (χ1v) is 8.25. The Balaban J connectivity index is 1.79. The van der Waals surface area contributed by atoms with E-state index in [-0.39, 0.29) is 18.1 Å². The van der Waals surface area contributed by atoms with Gasteiger partial charge < -0.3 is 14.8 Å². The van der Waals surface area contributed by atoms with Gasteiger partial charge in [-0.25, -0.2) is 4.79 Å². The van der Waals surface area contributed by atoms with E-state index >= 15 is 0 Å². The molecule has 1 aromatic rings. The average Bonchev–Trinajstić information content (AvgIpc) is 2.58. The molecule has 0 aromatic heterocycles. The molecule has 1 saturated carbocycles. The standard InChI is InChI=1S/C17H22ClNO4/c1-22-15-8-7-13(18)9-14(15)17(21)23-11-16(20)19-10-12-5-3-2-4-6-12/h7-9,12H,2-6,10-11H2,1H3,(H,19,20). The summed E-state index contributed by atoms with van der Waals surface area (Å²) in [5, 5.41) is 3.23. The molecule has 2 rings (SSSR count). The number of nitrogens with one attached hydrogen (secondary N) is 1. The highest BCUT2D eigenvalue weighted by Crippen LogP contribution is 2.24. The molecule has 0 spiro atoms. The van der Waals surface area contributed by atoms with Crippen LogP contribution in [-0.4, -0.2) is 32.1 Å². The van der Waals surface area contributed by atoms with Crippen LogP contribution in [-0.2, 0) is 9.53 Å². The minimum atomic E-state index is -0.628. The van der Waals surface area contributed by atoms with Crippen molar-refractivity contribution in [3.63, 3.8) is 0 Å². The van der Waals surface area contributed by atoms with E-state index in [9.17, 15) is 9.59 Å². The van der Waals surface area contributed by atoms with Crippen LogP contribution < -0.4 is 10.1 Å². The fraction of sp³-hybridized carbons (Fsp3) is 0.529. The van der Waals surface area contributed by atoms with Crippen LogP contribution in [0.3, 0.4) is 0 Å². The second-order valence-corrected chi connectivity index (χ2v) is 6.17. The topological polar surface area (TPSA) is 64.6 Å². The number of hydrogen-bond acceptors (Lipinski definition) is 4. The Kier molecular flexibility index (Phi) is 6.71. The van der Waals surface area contributed by atoms with Gasteiger partial charge in [0.2, 0.25) is 0 Å². The quantitative estimate of drug-likeness (QED) is 0.808. The molecule has 0 heterocycles. The Morgan fingerprint density at radius 2 is 2.00 bits per heavy atom. The number of rotatable bonds is 6. The molecule has 1 aliphatic rings. The molecule has 0 radical (unpaired) electrons. The molecule has 0 atom stereocenters. The smallest absolute Gasteiger partial charge is 0.342 e. The SMILES string of the molecule is COc1ccc(Cl)cc1C(=O)OCC(=O)NCC1CCCCC1. The van der Waals surface area contributed by atoms with Gasteiger partial charge in [-0.05, 0) is 37.0 Å². The molecule has 23 heavy (non-hydrogen) atoms. The molecule has 126 valence electrons. The number of amides is 1. The lowest BCUT2D eigenvalue weighted by molar-refractivity contribution is -0.124. The molecule has 0 bridgehead atoms. The number of halogens is 1. The number of benzene rings is 1. The molecule has 6 heteroatoms. The largest absolute Gasteiger partial charge is 0.496 e. The first-order chi connectivity index (χ1) is 11.1. The van der Waals surface area contributed by atoms with Crippen molar-refractivity contribution >= 4 is 23.5 Å². The van der Waals surface area contributed by atoms with Crippen LogP contribution >= 0.6 is 11.6 Å². The van der Waals surface area contributed by atoms with Crippen molar-refractivity contribution in [2.24, 2.45) is 5.92 Å². The summed E-state index contributed by atoms with van der Waals surface area (Å²) in [6.45, 7) is 0.345. The maximum Gasteiger partial charge on any atom is 0.342 e. The third kappa shape index (κ3) is 5.43. The third-order valence-electron chi connectivity index (χ3n) is 4.03. The summed E-state index contributed by atoms with van der Waals surface area (Å²) in [6, 6.07) is 4.67. The fourth-order valence-corrected chi connectivity index (χ4v) is 2.92. The van der Waals surface area contributed by atoms with E-state index in [0.717, 1.165) is 12.8 Å². The van der Waals surface area contributed by atoms with Gasteiger partial charge >= 0.3 is 5.97 Å². The third-order valence-corrected chi connectivity index (χ3v) is 4.26. The monoisotopic (exact) mass is 339 g/mol. The summed E-state index contributed by atoms with van der Waals surface area (Å²) in [5.74, 6) is -0.0134. The molecular formula is C17H22ClNO4. The van der Waals surface area contributed by atoms with Crippen LogP contribution in [0.25, 0.3) is 0 Å². The second kappa shape index (κ2) is 8.77. The summed E-state index contributed by atoms with van der Waals surface area (Å²) in [4.78, 5) is 23.8. The van der Waals surface area contributed by atoms with Gasteiger partial charge in [-0.1, -0.05) is 30.9 Å². The highest BCUT2D eigenvalue weighted by molar-refractivity contribution is 6.31. The minimum Gasteiger partial charge on any atom is -0.496 e.